The number of hydrogen-bond acceptors (Lipinski definition) is 8. The van der Waals surface area contributed by atoms with Crippen molar-refractivity contribution in [2.24, 2.45) is 0 Å². The summed E-state index contributed by atoms with van der Waals surface area (Å²) in [5.74, 6) is -1.59. The third-order valence-electron chi connectivity index (χ3n) is 3.27. The number of methoxy groups -OCH3 is 2. The van der Waals surface area contributed by atoms with Crippen molar-refractivity contribution in [3.05, 3.63) is 29.8 Å². The molecule has 0 saturated carbocycles. The number of rotatable bonds is 12. The van der Waals surface area contributed by atoms with E-state index in [0.717, 1.165) is 0 Å². The Hall–Kier alpha value is -2.63. The standard InChI is InChI=1S/C18H25N3O7S/c1-26-9-7-19-16(23)12-29-14-6-4-3-5-13(14)17(24)28-11-15(22)21-18(25)20-8-10-27-2/h3-6H,7-12H2,1-2H3,(H,19,23)(H2,20,21,22,25). The van der Waals surface area contributed by atoms with Crippen molar-refractivity contribution in [2.45, 2.75) is 4.90 Å². The molecule has 0 heterocycles. The molecule has 4 amide bonds. The highest BCUT2D eigenvalue weighted by Crippen LogP contribution is 2.23. The highest BCUT2D eigenvalue weighted by atomic mass is 32.2. The first kappa shape index (κ1) is 24.4. The molecule has 3 N–H and O–H groups in total. The van der Waals surface area contributed by atoms with Crippen molar-refractivity contribution in [1.82, 2.24) is 16.0 Å². The highest BCUT2D eigenvalue weighted by Gasteiger charge is 2.16. The Morgan fingerprint density at radius 2 is 1.59 bits per heavy atom. The van der Waals surface area contributed by atoms with Gasteiger partial charge in [0.2, 0.25) is 5.91 Å². The Morgan fingerprint density at radius 1 is 0.931 bits per heavy atom. The molecule has 1 rings (SSSR count). The summed E-state index contributed by atoms with van der Waals surface area (Å²) < 4.78 is 14.6. The van der Waals surface area contributed by atoms with Crippen molar-refractivity contribution in [3.8, 4) is 0 Å². The van der Waals surface area contributed by atoms with Crippen molar-refractivity contribution in [2.75, 3.05) is 52.9 Å². The number of esters is 1. The fourth-order valence-corrected chi connectivity index (χ4v) is 2.80. The Kier molecular flexibility index (Phi) is 12.1. The number of thioether (sulfide) groups is 1. The topological polar surface area (TPSA) is 132 Å². The van der Waals surface area contributed by atoms with Gasteiger partial charge in [-0.3, -0.25) is 14.9 Å². The lowest BCUT2D eigenvalue weighted by Gasteiger charge is -2.10. The minimum Gasteiger partial charge on any atom is -0.452 e. The second kappa shape index (κ2) is 14.4. The molecule has 0 aliphatic carbocycles. The van der Waals surface area contributed by atoms with Crippen LogP contribution in [0, 0.1) is 0 Å². The van der Waals surface area contributed by atoms with Crippen LogP contribution in [0.5, 0.6) is 0 Å². The molecular weight excluding hydrogens is 402 g/mol. The van der Waals surface area contributed by atoms with Crippen molar-refractivity contribution < 1.29 is 33.4 Å². The zero-order chi connectivity index (χ0) is 21.5. The molecule has 1 aromatic rings. The number of imide groups is 1. The summed E-state index contributed by atoms with van der Waals surface area (Å²) in [4.78, 5) is 47.7. The molecule has 0 fully saturated rings. The van der Waals surface area contributed by atoms with Gasteiger partial charge in [-0.2, -0.15) is 0 Å². The number of amides is 4. The van der Waals surface area contributed by atoms with Crippen molar-refractivity contribution in [1.29, 1.82) is 0 Å². The van der Waals surface area contributed by atoms with Gasteiger partial charge in [0, 0.05) is 32.2 Å². The van der Waals surface area contributed by atoms with Crippen LogP contribution < -0.4 is 16.0 Å². The summed E-state index contributed by atoms with van der Waals surface area (Å²) >= 11 is 1.17. The monoisotopic (exact) mass is 427 g/mol. The van der Waals surface area contributed by atoms with E-state index in [0.29, 0.717) is 24.7 Å². The molecule has 0 saturated heterocycles. The number of nitrogens with one attached hydrogen (secondary N) is 3. The molecule has 1 aromatic carbocycles. The first-order valence-electron chi connectivity index (χ1n) is 8.69. The fourth-order valence-electron chi connectivity index (χ4n) is 1.93. The first-order chi connectivity index (χ1) is 14.0. The van der Waals surface area contributed by atoms with Gasteiger partial charge in [-0.1, -0.05) is 12.1 Å². The van der Waals surface area contributed by atoms with E-state index in [1.807, 2.05) is 5.32 Å². The van der Waals surface area contributed by atoms with E-state index in [4.69, 9.17) is 14.2 Å². The van der Waals surface area contributed by atoms with Gasteiger partial charge in [0.25, 0.3) is 5.91 Å². The molecular formula is C18H25N3O7S. The molecule has 10 nitrogen and oxygen atoms in total. The smallest absolute Gasteiger partial charge is 0.339 e. The number of hydrogen-bond donors (Lipinski definition) is 3. The summed E-state index contributed by atoms with van der Waals surface area (Å²) in [6.07, 6.45) is 0. The Morgan fingerprint density at radius 3 is 2.28 bits per heavy atom. The van der Waals surface area contributed by atoms with Crippen LogP contribution >= 0.6 is 11.8 Å². The quantitative estimate of drug-likeness (QED) is 0.244. The average molecular weight is 427 g/mol. The number of carbonyl (C=O) groups excluding carboxylic acids is 4. The Bertz CT molecular complexity index is 700. The van der Waals surface area contributed by atoms with Gasteiger partial charge < -0.3 is 24.8 Å². The zero-order valence-electron chi connectivity index (χ0n) is 16.3. The maximum absolute atomic E-state index is 12.3. The minimum atomic E-state index is -0.768. The number of urea groups is 1. The predicted molar refractivity (Wildman–Crippen MR) is 106 cm³/mol. The van der Waals surface area contributed by atoms with Crippen LogP contribution in [0.2, 0.25) is 0 Å². The molecule has 160 valence electrons. The molecule has 0 aliphatic rings. The van der Waals surface area contributed by atoms with E-state index in [1.54, 1.807) is 18.2 Å². The largest absolute Gasteiger partial charge is 0.452 e. The molecule has 0 spiro atoms. The lowest BCUT2D eigenvalue weighted by atomic mass is 10.2. The summed E-state index contributed by atoms with van der Waals surface area (Å²) in [6, 6.07) is 5.86. The number of ether oxygens (including phenoxy) is 3. The average Bonchev–Trinajstić information content (AvgIpc) is 2.71. The van der Waals surface area contributed by atoms with E-state index >= 15 is 0 Å². The molecule has 0 bridgehead atoms. The second-order valence-corrected chi connectivity index (χ2v) is 6.52. The molecule has 29 heavy (non-hydrogen) atoms. The van der Waals surface area contributed by atoms with Crippen LogP contribution in [0.25, 0.3) is 0 Å². The normalized spacial score (nSPS) is 10.1. The summed E-state index contributed by atoms with van der Waals surface area (Å²) in [5, 5.41) is 7.12. The maximum atomic E-state index is 12.3. The number of carbonyl (C=O) groups is 4. The SMILES string of the molecule is COCCNC(=O)CSc1ccccc1C(=O)OCC(=O)NC(=O)NCCOC. The summed E-state index contributed by atoms with van der Waals surface area (Å²) in [6.45, 7) is 0.723. The number of benzene rings is 1. The van der Waals surface area contributed by atoms with Crippen LogP contribution in [0.1, 0.15) is 10.4 Å². The molecule has 0 unspecified atom stereocenters. The van der Waals surface area contributed by atoms with E-state index in [1.165, 1.54) is 32.0 Å². The third-order valence-corrected chi connectivity index (χ3v) is 4.35. The second-order valence-electron chi connectivity index (χ2n) is 5.50. The molecule has 0 atom stereocenters. The van der Waals surface area contributed by atoms with E-state index in [-0.39, 0.29) is 23.8 Å². The van der Waals surface area contributed by atoms with Gasteiger partial charge in [0.15, 0.2) is 6.61 Å². The molecule has 0 aromatic heterocycles. The van der Waals surface area contributed by atoms with Gasteiger partial charge in [-0.05, 0) is 12.1 Å². The van der Waals surface area contributed by atoms with Crippen LogP contribution in [-0.4, -0.2) is 76.7 Å². The van der Waals surface area contributed by atoms with E-state index < -0.39 is 24.5 Å². The van der Waals surface area contributed by atoms with Crippen LogP contribution in [-0.2, 0) is 23.8 Å². The van der Waals surface area contributed by atoms with Crippen LogP contribution in [0.4, 0.5) is 4.79 Å². The van der Waals surface area contributed by atoms with Gasteiger partial charge >= 0.3 is 12.0 Å². The van der Waals surface area contributed by atoms with Gasteiger partial charge in [0.05, 0.1) is 24.5 Å². The van der Waals surface area contributed by atoms with Gasteiger partial charge in [-0.25, -0.2) is 9.59 Å². The molecule has 0 radical (unpaired) electrons. The highest BCUT2D eigenvalue weighted by molar-refractivity contribution is 8.00. The van der Waals surface area contributed by atoms with Crippen LogP contribution in [0.3, 0.4) is 0 Å². The maximum Gasteiger partial charge on any atom is 0.339 e. The lowest BCUT2D eigenvalue weighted by molar-refractivity contribution is -0.123. The Balaban J connectivity index is 2.48. The van der Waals surface area contributed by atoms with Crippen molar-refractivity contribution >= 4 is 35.6 Å². The van der Waals surface area contributed by atoms with E-state index in [9.17, 15) is 19.2 Å². The molecule has 0 aliphatic heterocycles. The first-order valence-corrected chi connectivity index (χ1v) is 9.67. The van der Waals surface area contributed by atoms with Gasteiger partial charge in [-0.15, -0.1) is 11.8 Å². The van der Waals surface area contributed by atoms with Crippen molar-refractivity contribution in [3.63, 3.8) is 0 Å². The fraction of sp³-hybridized carbons (Fsp3) is 0.444. The third kappa shape index (κ3) is 10.5. The summed E-state index contributed by atoms with van der Waals surface area (Å²) in [7, 11) is 3.02. The Labute approximate surface area is 173 Å². The molecule has 11 heteroatoms. The van der Waals surface area contributed by atoms with Crippen LogP contribution in [0.15, 0.2) is 29.2 Å². The predicted octanol–water partition coefficient (Wildman–Crippen LogP) is 0.170. The van der Waals surface area contributed by atoms with Gasteiger partial charge in [0.1, 0.15) is 0 Å². The lowest BCUT2D eigenvalue weighted by Crippen LogP contribution is -2.42. The summed E-state index contributed by atoms with van der Waals surface area (Å²) in [5.41, 5.74) is 0.222. The zero-order valence-corrected chi connectivity index (χ0v) is 17.1. The van der Waals surface area contributed by atoms with E-state index in [2.05, 4.69) is 10.6 Å². The minimum absolute atomic E-state index is 0.107.